The van der Waals surface area contributed by atoms with Crippen LogP contribution in [0.15, 0.2) is 24.5 Å². The van der Waals surface area contributed by atoms with Crippen LogP contribution in [0.1, 0.15) is 34.2 Å². The number of hydrogen-bond donors (Lipinski definition) is 1. The summed E-state index contributed by atoms with van der Waals surface area (Å²) in [4.78, 5) is 15.4. The number of aryl methyl sites for hydroxylation is 2. The Bertz CT molecular complexity index is 632. The van der Waals surface area contributed by atoms with Gasteiger partial charge in [-0.3, -0.25) is 0 Å². The Morgan fingerprint density at radius 3 is 2.80 bits per heavy atom. The van der Waals surface area contributed by atoms with Gasteiger partial charge in [0.1, 0.15) is 11.4 Å². The molecule has 5 heteroatoms. The van der Waals surface area contributed by atoms with E-state index in [-0.39, 0.29) is 5.69 Å². The first-order valence-electron chi connectivity index (χ1n) is 6.47. The van der Waals surface area contributed by atoms with Crippen molar-refractivity contribution >= 4 is 5.97 Å². The molecule has 1 aromatic carbocycles. The molecule has 1 heterocycles. The predicted octanol–water partition coefficient (Wildman–Crippen LogP) is 2.51. The Kier molecular flexibility index (Phi) is 4.08. The van der Waals surface area contributed by atoms with E-state index in [1.54, 1.807) is 24.9 Å². The Morgan fingerprint density at radius 2 is 2.20 bits per heavy atom. The Hall–Kier alpha value is -2.30. The number of benzene rings is 1. The third-order valence-corrected chi connectivity index (χ3v) is 3.32. The van der Waals surface area contributed by atoms with E-state index < -0.39 is 5.97 Å². The highest BCUT2D eigenvalue weighted by molar-refractivity contribution is 5.87. The van der Waals surface area contributed by atoms with E-state index in [0.29, 0.717) is 12.2 Å². The Balaban J connectivity index is 2.41. The number of aromatic nitrogens is 2. The summed E-state index contributed by atoms with van der Waals surface area (Å²) in [6.45, 7) is 4.20. The van der Waals surface area contributed by atoms with Gasteiger partial charge in [-0.2, -0.15) is 0 Å². The number of methoxy groups -OCH3 is 1. The summed E-state index contributed by atoms with van der Waals surface area (Å²) in [5, 5.41) is 9.25. The largest absolute Gasteiger partial charge is 0.496 e. The van der Waals surface area contributed by atoms with Crippen molar-refractivity contribution in [2.24, 2.45) is 0 Å². The minimum absolute atomic E-state index is 0.217. The van der Waals surface area contributed by atoms with Crippen LogP contribution < -0.4 is 4.74 Å². The number of carbonyl (C=O) groups is 1. The number of hydrogen-bond acceptors (Lipinski definition) is 3. The van der Waals surface area contributed by atoms with Crippen molar-refractivity contribution in [2.45, 2.75) is 26.8 Å². The minimum atomic E-state index is -0.967. The molecule has 0 aliphatic carbocycles. The summed E-state index contributed by atoms with van der Waals surface area (Å²) in [5.41, 5.74) is 2.87. The zero-order chi connectivity index (χ0) is 14.7. The van der Waals surface area contributed by atoms with Crippen molar-refractivity contribution < 1.29 is 14.6 Å². The van der Waals surface area contributed by atoms with E-state index >= 15 is 0 Å². The van der Waals surface area contributed by atoms with E-state index in [9.17, 15) is 9.90 Å². The molecule has 1 aromatic heterocycles. The molecule has 0 atom stereocenters. The number of carboxylic acids is 1. The molecule has 2 aromatic rings. The van der Waals surface area contributed by atoms with Crippen molar-refractivity contribution in [3.8, 4) is 5.75 Å². The van der Waals surface area contributed by atoms with Gasteiger partial charge in [0.05, 0.1) is 25.7 Å². The van der Waals surface area contributed by atoms with E-state index in [0.717, 1.165) is 17.7 Å². The summed E-state index contributed by atoms with van der Waals surface area (Å²) in [6.07, 6.45) is 2.47. The zero-order valence-corrected chi connectivity index (χ0v) is 11.9. The van der Waals surface area contributed by atoms with Gasteiger partial charge in [0, 0.05) is 5.56 Å². The summed E-state index contributed by atoms with van der Waals surface area (Å²) in [6, 6.07) is 5.97. The van der Waals surface area contributed by atoms with Crippen LogP contribution >= 0.6 is 0 Å². The first-order chi connectivity index (χ1) is 9.56. The fourth-order valence-corrected chi connectivity index (χ4v) is 2.24. The normalized spacial score (nSPS) is 10.6. The molecule has 0 saturated carbocycles. The van der Waals surface area contributed by atoms with E-state index in [2.05, 4.69) is 11.9 Å². The van der Waals surface area contributed by atoms with E-state index in [4.69, 9.17) is 4.74 Å². The lowest BCUT2D eigenvalue weighted by molar-refractivity contribution is 0.0684. The lowest BCUT2D eigenvalue weighted by Crippen LogP contribution is -2.10. The number of carboxylic acid groups (broad SMARTS) is 1. The van der Waals surface area contributed by atoms with Gasteiger partial charge in [-0.1, -0.05) is 19.1 Å². The van der Waals surface area contributed by atoms with E-state index in [1.807, 2.05) is 18.2 Å². The molecule has 1 N–H and O–H groups in total. The van der Waals surface area contributed by atoms with Crippen LogP contribution in [0.4, 0.5) is 0 Å². The maximum atomic E-state index is 11.3. The predicted molar refractivity (Wildman–Crippen MR) is 75.4 cm³/mol. The van der Waals surface area contributed by atoms with E-state index in [1.165, 1.54) is 5.56 Å². The fourth-order valence-electron chi connectivity index (χ4n) is 2.24. The van der Waals surface area contributed by atoms with Gasteiger partial charge in [-0.15, -0.1) is 0 Å². The van der Waals surface area contributed by atoms with Crippen LogP contribution in [0.3, 0.4) is 0 Å². The van der Waals surface area contributed by atoms with Gasteiger partial charge in [-0.25, -0.2) is 9.78 Å². The van der Waals surface area contributed by atoms with Gasteiger partial charge in [0.25, 0.3) is 0 Å². The van der Waals surface area contributed by atoms with Crippen LogP contribution in [0, 0.1) is 6.92 Å². The van der Waals surface area contributed by atoms with Crippen molar-refractivity contribution in [2.75, 3.05) is 7.11 Å². The second-order valence-corrected chi connectivity index (χ2v) is 4.61. The topological polar surface area (TPSA) is 64.4 Å². The first-order valence-corrected chi connectivity index (χ1v) is 6.47. The average molecular weight is 274 g/mol. The van der Waals surface area contributed by atoms with Crippen molar-refractivity contribution in [3.05, 3.63) is 47.0 Å². The highest BCUT2D eigenvalue weighted by Gasteiger charge is 2.16. The Labute approximate surface area is 117 Å². The highest BCUT2D eigenvalue weighted by atomic mass is 16.5. The fraction of sp³-hybridized carbons (Fsp3) is 0.333. The molecular weight excluding hydrogens is 256 g/mol. The van der Waals surface area contributed by atoms with Crippen molar-refractivity contribution in [1.29, 1.82) is 0 Å². The molecule has 0 aliphatic rings. The first kappa shape index (κ1) is 14.1. The molecule has 5 nitrogen and oxygen atoms in total. The third-order valence-electron chi connectivity index (χ3n) is 3.32. The summed E-state index contributed by atoms with van der Waals surface area (Å²) in [7, 11) is 1.61. The molecule has 2 rings (SSSR count). The lowest BCUT2D eigenvalue weighted by Gasteiger charge is -2.12. The van der Waals surface area contributed by atoms with Crippen LogP contribution in [0.2, 0.25) is 0 Å². The SMILES string of the molecule is CCc1ccc(OC)c(Cn2cnc(C)c2C(=O)O)c1. The third kappa shape index (κ3) is 2.66. The molecule has 20 heavy (non-hydrogen) atoms. The number of imidazole rings is 1. The van der Waals surface area contributed by atoms with Crippen molar-refractivity contribution in [1.82, 2.24) is 9.55 Å². The highest BCUT2D eigenvalue weighted by Crippen LogP contribution is 2.22. The number of aromatic carboxylic acids is 1. The maximum absolute atomic E-state index is 11.3. The monoisotopic (exact) mass is 274 g/mol. The molecule has 0 bridgehead atoms. The van der Waals surface area contributed by atoms with Crippen LogP contribution in [-0.2, 0) is 13.0 Å². The standard InChI is InChI=1S/C15H18N2O3/c1-4-11-5-6-13(20-3)12(7-11)8-17-9-16-10(2)14(17)15(18)19/h5-7,9H,4,8H2,1-3H3,(H,18,19). The number of ether oxygens (including phenoxy) is 1. The molecule has 0 fully saturated rings. The smallest absolute Gasteiger partial charge is 0.354 e. The molecule has 0 aliphatic heterocycles. The van der Waals surface area contributed by atoms with Gasteiger partial charge in [0.15, 0.2) is 0 Å². The van der Waals surface area contributed by atoms with Gasteiger partial charge in [0.2, 0.25) is 0 Å². The van der Waals surface area contributed by atoms with Crippen LogP contribution in [-0.4, -0.2) is 27.7 Å². The summed E-state index contributed by atoms with van der Waals surface area (Å²) >= 11 is 0. The quantitative estimate of drug-likeness (QED) is 0.910. The molecule has 0 radical (unpaired) electrons. The second-order valence-electron chi connectivity index (χ2n) is 4.61. The molecule has 0 unspecified atom stereocenters. The molecule has 0 spiro atoms. The lowest BCUT2D eigenvalue weighted by atomic mass is 10.1. The maximum Gasteiger partial charge on any atom is 0.354 e. The van der Waals surface area contributed by atoms with Gasteiger partial charge >= 0.3 is 5.97 Å². The summed E-state index contributed by atoms with van der Waals surface area (Å²) in [5.74, 6) is -0.212. The van der Waals surface area contributed by atoms with Gasteiger partial charge in [-0.05, 0) is 25.0 Å². The second kappa shape index (κ2) is 5.77. The van der Waals surface area contributed by atoms with Crippen molar-refractivity contribution in [3.63, 3.8) is 0 Å². The van der Waals surface area contributed by atoms with Crippen LogP contribution in [0.5, 0.6) is 5.75 Å². The van der Waals surface area contributed by atoms with Crippen LogP contribution in [0.25, 0.3) is 0 Å². The zero-order valence-electron chi connectivity index (χ0n) is 11.9. The number of rotatable bonds is 5. The van der Waals surface area contributed by atoms with Gasteiger partial charge < -0.3 is 14.4 Å². The molecule has 106 valence electrons. The number of nitrogens with zero attached hydrogens (tertiary/aromatic N) is 2. The molecule has 0 amide bonds. The Morgan fingerprint density at radius 1 is 1.45 bits per heavy atom. The summed E-state index contributed by atoms with van der Waals surface area (Å²) < 4.78 is 6.98. The minimum Gasteiger partial charge on any atom is -0.496 e. The average Bonchev–Trinajstić information content (AvgIpc) is 2.79. The molecule has 0 saturated heterocycles. The molecular formula is C15H18N2O3.